The molecule has 0 saturated carbocycles. The van der Waals surface area contributed by atoms with Gasteiger partial charge in [-0.3, -0.25) is 0 Å². The number of aromatic nitrogens is 2. The summed E-state index contributed by atoms with van der Waals surface area (Å²) in [7, 11) is 0. The number of nitrogens with zero attached hydrogens (tertiary/aromatic N) is 2. The Labute approximate surface area is 149 Å². The van der Waals surface area contributed by atoms with Crippen molar-refractivity contribution in [1.82, 2.24) is 10.1 Å². The fourth-order valence-electron chi connectivity index (χ4n) is 2.03. The van der Waals surface area contributed by atoms with Gasteiger partial charge < -0.3 is 14.0 Å². The number of esters is 1. The van der Waals surface area contributed by atoms with Gasteiger partial charge in [-0.2, -0.15) is 4.98 Å². The second-order valence-corrected chi connectivity index (χ2v) is 5.17. The normalized spacial score (nSPS) is 11.3. The molecule has 3 rings (SSSR count). The molecule has 1 aromatic heterocycles. The predicted molar refractivity (Wildman–Crippen MR) is 81.9 cm³/mol. The smallest absolute Gasteiger partial charge is 0.452 e. The van der Waals surface area contributed by atoms with Gasteiger partial charge in [0.1, 0.15) is 11.6 Å². The molecule has 140 valence electrons. The minimum Gasteiger partial charge on any atom is -0.452 e. The van der Waals surface area contributed by atoms with Gasteiger partial charge in [0.05, 0.1) is 5.56 Å². The van der Waals surface area contributed by atoms with Gasteiger partial charge >= 0.3 is 12.3 Å². The van der Waals surface area contributed by atoms with E-state index < -0.39 is 23.9 Å². The summed E-state index contributed by atoms with van der Waals surface area (Å²) in [5, 5.41) is 3.69. The first-order valence-electron chi connectivity index (χ1n) is 7.41. The van der Waals surface area contributed by atoms with Crippen LogP contribution in [0.1, 0.15) is 16.2 Å². The van der Waals surface area contributed by atoms with E-state index in [1.54, 1.807) is 0 Å². The first-order chi connectivity index (χ1) is 12.8. The number of hydrogen-bond donors (Lipinski definition) is 0. The Kier molecular flexibility index (Phi) is 5.06. The molecule has 0 bridgehead atoms. The molecule has 0 fully saturated rings. The molecule has 0 N–H and O–H groups in total. The molecule has 0 radical (unpaired) electrons. The van der Waals surface area contributed by atoms with Crippen LogP contribution in [0.3, 0.4) is 0 Å². The lowest BCUT2D eigenvalue weighted by Crippen LogP contribution is -2.17. The number of alkyl halides is 3. The summed E-state index contributed by atoms with van der Waals surface area (Å²) in [6.07, 6.45) is -4.82. The molecule has 1 heterocycles. The quantitative estimate of drug-likeness (QED) is 0.488. The zero-order valence-electron chi connectivity index (χ0n) is 13.4. The molecule has 2 aromatic carbocycles. The number of carbonyl (C=O) groups excluding carboxylic acids is 1. The largest absolute Gasteiger partial charge is 0.573 e. The summed E-state index contributed by atoms with van der Waals surface area (Å²) < 4.78 is 62.8. The van der Waals surface area contributed by atoms with Gasteiger partial charge in [-0.05, 0) is 48.5 Å². The Morgan fingerprint density at radius 3 is 2.33 bits per heavy atom. The Bertz CT molecular complexity index is 921. The second kappa shape index (κ2) is 7.44. The summed E-state index contributed by atoms with van der Waals surface area (Å²) in [5.41, 5.74) is 0.528. The first-order valence-corrected chi connectivity index (χ1v) is 7.41. The van der Waals surface area contributed by atoms with Crippen LogP contribution in [0.5, 0.6) is 5.75 Å². The monoisotopic (exact) mass is 382 g/mol. The SMILES string of the molecule is O=C(OCc1nc(-c2ccc(F)cc2)no1)c1ccc(OC(F)(F)F)cc1. The van der Waals surface area contributed by atoms with Crippen molar-refractivity contribution in [2.24, 2.45) is 0 Å². The highest BCUT2D eigenvalue weighted by Gasteiger charge is 2.31. The maximum Gasteiger partial charge on any atom is 0.573 e. The number of halogens is 4. The van der Waals surface area contributed by atoms with E-state index >= 15 is 0 Å². The van der Waals surface area contributed by atoms with E-state index in [0.29, 0.717) is 5.56 Å². The number of benzene rings is 2. The van der Waals surface area contributed by atoms with E-state index in [0.717, 1.165) is 24.3 Å². The summed E-state index contributed by atoms with van der Waals surface area (Å²) in [6, 6.07) is 9.62. The van der Waals surface area contributed by atoms with Gasteiger partial charge in [-0.15, -0.1) is 13.2 Å². The standard InChI is InChI=1S/C17H10F4N2O4/c18-12-5-1-10(2-6-12)15-22-14(27-23-15)9-25-16(24)11-3-7-13(8-4-11)26-17(19,20)21/h1-8H,9H2. The topological polar surface area (TPSA) is 74.5 Å². The predicted octanol–water partition coefficient (Wildman–Crippen LogP) is 4.13. The van der Waals surface area contributed by atoms with Gasteiger partial charge in [0, 0.05) is 5.56 Å². The Balaban J connectivity index is 1.58. The first kappa shape index (κ1) is 18.4. The Morgan fingerprint density at radius 1 is 1.04 bits per heavy atom. The van der Waals surface area contributed by atoms with Gasteiger partial charge in [0.15, 0.2) is 6.61 Å². The van der Waals surface area contributed by atoms with Crippen LogP contribution >= 0.6 is 0 Å². The highest BCUT2D eigenvalue weighted by atomic mass is 19.4. The highest BCUT2D eigenvalue weighted by Crippen LogP contribution is 2.23. The lowest BCUT2D eigenvalue weighted by molar-refractivity contribution is -0.274. The van der Waals surface area contributed by atoms with Crippen molar-refractivity contribution in [2.45, 2.75) is 13.0 Å². The van der Waals surface area contributed by atoms with Crippen molar-refractivity contribution >= 4 is 5.97 Å². The second-order valence-electron chi connectivity index (χ2n) is 5.17. The van der Waals surface area contributed by atoms with Crippen LogP contribution in [0, 0.1) is 5.82 Å². The van der Waals surface area contributed by atoms with Crippen LogP contribution in [0.4, 0.5) is 17.6 Å². The summed E-state index contributed by atoms with van der Waals surface area (Å²) >= 11 is 0. The Morgan fingerprint density at radius 2 is 1.70 bits per heavy atom. The van der Waals surface area contributed by atoms with Crippen molar-refractivity contribution in [2.75, 3.05) is 0 Å². The van der Waals surface area contributed by atoms with Crippen LogP contribution in [0.25, 0.3) is 11.4 Å². The summed E-state index contributed by atoms with van der Waals surface area (Å²) in [5.74, 6) is -1.48. The third-order valence-corrected chi connectivity index (χ3v) is 3.22. The molecular formula is C17H10F4N2O4. The van der Waals surface area contributed by atoms with Gasteiger partial charge in [0.2, 0.25) is 5.82 Å². The minimum atomic E-state index is -4.82. The lowest BCUT2D eigenvalue weighted by atomic mass is 10.2. The van der Waals surface area contributed by atoms with E-state index in [1.165, 1.54) is 24.3 Å². The van der Waals surface area contributed by atoms with E-state index in [4.69, 9.17) is 9.26 Å². The molecule has 10 heteroatoms. The average molecular weight is 382 g/mol. The molecule has 0 atom stereocenters. The maximum atomic E-state index is 12.9. The average Bonchev–Trinajstić information content (AvgIpc) is 3.08. The number of ether oxygens (including phenoxy) is 2. The van der Waals surface area contributed by atoms with Crippen LogP contribution in [-0.4, -0.2) is 22.5 Å². The molecule has 3 aromatic rings. The summed E-state index contributed by atoms with van der Waals surface area (Å²) in [6.45, 7) is -0.339. The molecule has 0 saturated heterocycles. The molecule has 6 nitrogen and oxygen atoms in total. The van der Waals surface area contributed by atoms with Gasteiger partial charge in [0.25, 0.3) is 5.89 Å². The third kappa shape index (κ3) is 5.03. The highest BCUT2D eigenvalue weighted by molar-refractivity contribution is 5.89. The van der Waals surface area contributed by atoms with E-state index in [2.05, 4.69) is 14.9 Å². The third-order valence-electron chi connectivity index (χ3n) is 3.22. The number of hydrogen-bond acceptors (Lipinski definition) is 6. The van der Waals surface area contributed by atoms with Crippen molar-refractivity contribution < 1.29 is 36.4 Å². The molecule has 27 heavy (non-hydrogen) atoms. The van der Waals surface area contributed by atoms with Crippen molar-refractivity contribution in [1.29, 1.82) is 0 Å². The van der Waals surface area contributed by atoms with Crippen molar-refractivity contribution in [3.63, 3.8) is 0 Å². The molecular weight excluding hydrogens is 372 g/mol. The van der Waals surface area contributed by atoms with Crippen LogP contribution in [0.15, 0.2) is 53.1 Å². The van der Waals surface area contributed by atoms with Crippen molar-refractivity contribution in [3.05, 3.63) is 65.8 Å². The lowest BCUT2D eigenvalue weighted by Gasteiger charge is -2.08. The molecule has 0 aliphatic heterocycles. The Hall–Kier alpha value is -3.43. The van der Waals surface area contributed by atoms with Crippen LogP contribution < -0.4 is 4.74 Å². The van der Waals surface area contributed by atoms with E-state index in [9.17, 15) is 22.4 Å². The molecule has 0 unspecified atom stereocenters. The fourth-order valence-corrected chi connectivity index (χ4v) is 2.03. The zero-order valence-corrected chi connectivity index (χ0v) is 13.4. The van der Waals surface area contributed by atoms with Crippen LogP contribution in [-0.2, 0) is 11.3 Å². The zero-order chi connectivity index (χ0) is 19.4. The maximum absolute atomic E-state index is 12.9. The number of rotatable bonds is 5. The molecule has 0 amide bonds. The number of carbonyl (C=O) groups is 1. The molecule has 0 aliphatic carbocycles. The van der Waals surface area contributed by atoms with E-state index in [1.807, 2.05) is 0 Å². The van der Waals surface area contributed by atoms with Crippen LogP contribution in [0.2, 0.25) is 0 Å². The van der Waals surface area contributed by atoms with Gasteiger partial charge in [-0.1, -0.05) is 5.16 Å². The van der Waals surface area contributed by atoms with Gasteiger partial charge in [-0.25, -0.2) is 9.18 Å². The molecule has 0 spiro atoms. The van der Waals surface area contributed by atoms with E-state index in [-0.39, 0.29) is 23.9 Å². The fraction of sp³-hybridized carbons (Fsp3) is 0.118. The molecule has 0 aliphatic rings. The van der Waals surface area contributed by atoms with Crippen molar-refractivity contribution in [3.8, 4) is 17.1 Å². The minimum absolute atomic E-state index is 0.000278. The summed E-state index contributed by atoms with van der Waals surface area (Å²) in [4.78, 5) is 15.9.